The Kier molecular flexibility index (Phi) is 6.14. The summed E-state index contributed by atoms with van der Waals surface area (Å²) in [7, 11) is 0. The van der Waals surface area contributed by atoms with Gasteiger partial charge in [-0.05, 0) is 32.0 Å². The minimum Gasteiger partial charge on any atom is -0.492 e. The molecule has 10 heteroatoms. The summed E-state index contributed by atoms with van der Waals surface area (Å²) in [5, 5.41) is 0.974. The van der Waals surface area contributed by atoms with Crippen molar-refractivity contribution in [2.75, 3.05) is 18.1 Å². The number of hydrogen-bond donors (Lipinski definition) is 0. The number of halogens is 3. The van der Waals surface area contributed by atoms with Crippen molar-refractivity contribution in [1.29, 1.82) is 0 Å². The molecule has 0 spiro atoms. The second-order valence-electron chi connectivity index (χ2n) is 7.54. The van der Waals surface area contributed by atoms with Crippen LogP contribution >= 0.6 is 0 Å². The van der Waals surface area contributed by atoms with Gasteiger partial charge in [-0.1, -0.05) is 24.3 Å². The van der Waals surface area contributed by atoms with Crippen LogP contribution in [0.1, 0.15) is 47.1 Å². The van der Waals surface area contributed by atoms with E-state index >= 15 is 0 Å². The number of alkyl halides is 3. The molecule has 4 rings (SSSR count). The van der Waals surface area contributed by atoms with Crippen LogP contribution in [-0.2, 0) is 11.0 Å². The maximum atomic E-state index is 14.0. The molecule has 0 saturated carbocycles. The lowest BCUT2D eigenvalue weighted by molar-refractivity contribution is -0.138. The molecule has 0 atom stereocenters. The average molecular weight is 487 g/mol. The molecule has 0 saturated heterocycles. The number of fused-ring (bicyclic) bond motifs is 2. The summed E-state index contributed by atoms with van der Waals surface area (Å²) in [6.07, 6.45) is -4.96. The van der Waals surface area contributed by atoms with Crippen molar-refractivity contribution >= 4 is 34.2 Å². The van der Waals surface area contributed by atoms with E-state index in [0.717, 1.165) is 19.1 Å². The zero-order chi connectivity index (χ0) is 25.5. The van der Waals surface area contributed by atoms with Crippen molar-refractivity contribution in [1.82, 2.24) is 0 Å². The topological polar surface area (TPSA) is 82.1 Å². The number of ether oxygens (including phenoxy) is 3. The molecule has 1 aliphatic heterocycles. The number of amides is 2. The summed E-state index contributed by atoms with van der Waals surface area (Å²) in [4.78, 5) is 38.8. The zero-order valence-corrected chi connectivity index (χ0v) is 19.0. The van der Waals surface area contributed by atoms with Crippen molar-refractivity contribution in [3.8, 4) is 17.2 Å². The van der Waals surface area contributed by atoms with Gasteiger partial charge in [0.15, 0.2) is 0 Å². The van der Waals surface area contributed by atoms with Gasteiger partial charge in [0.25, 0.3) is 11.8 Å². The van der Waals surface area contributed by atoms with Crippen molar-refractivity contribution in [2.24, 2.45) is 0 Å². The van der Waals surface area contributed by atoms with Gasteiger partial charge in [-0.15, -0.1) is 0 Å². The number of rotatable bonds is 6. The van der Waals surface area contributed by atoms with E-state index in [9.17, 15) is 27.6 Å². The molecule has 0 aliphatic carbocycles. The van der Waals surface area contributed by atoms with E-state index in [0.29, 0.717) is 21.7 Å². The third-order valence-corrected chi connectivity index (χ3v) is 5.31. The SMILES string of the molecule is CCOc1c2c(c(OCC)c3ccccc13)C(=O)N(c1ccc(OC(C)=O)cc1C(F)(F)F)C2=O. The second-order valence-corrected chi connectivity index (χ2v) is 7.54. The Hall–Kier alpha value is -4.08. The highest BCUT2D eigenvalue weighted by Crippen LogP contribution is 2.48. The monoisotopic (exact) mass is 487 g/mol. The number of esters is 1. The van der Waals surface area contributed by atoms with Crippen LogP contribution in [-0.4, -0.2) is 31.0 Å². The summed E-state index contributed by atoms with van der Waals surface area (Å²) in [6.45, 7) is 4.71. The first-order chi connectivity index (χ1) is 16.6. The summed E-state index contributed by atoms with van der Waals surface area (Å²) in [5.74, 6) is -2.97. The Balaban J connectivity index is 1.99. The average Bonchev–Trinajstić information content (AvgIpc) is 3.05. The lowest BCUT2D eigenvalue weighted by Gasteiger charge is -2.20. The van der Waals surface area contributed by atoms with Crippen LogP contribution in [0.25, 0.3) is 10.8 Å². The molecule has 0 aromatic heterocycles. The molecule has 2 amide bonds. The fourth-order valence-electron chi connectivity index (χ4n) is 4.07. The van der Waals surface area contributed by atoms with Gasteiger partial charge >= 0.3 is 12.1 Å². The predicted molar refractivity (Wildman–Crippen MR) is 120 cm³/mol. The molecule has 7 nitrogen and oxygen atoms in total. The highest BCUT2D eigenvalue weighted by molar-refractivity contribution is 6.38. The van der Waals surface area contributed by atoms with Gasteiger partial charge in [-0.2, -0.15) is 13.2 Å². The molecule has 0 bridgehead atoms. The van der Waals surface area contributed by atoms with E-state index in [1.807, 2.05) is 0 Å². The first-order valence-electron chi connectivity index (χ1n) is 10.7. The van der Waals surface area contributed by atoms with Gasteiger partial charge in [0.05, 0.1) is 35.6 Å². The standard InChI is InChI=1S/C25H20F3NO6/c1-4-33-21-15-8-6-7-9-16(15)22(34-5-2)20-19(21)23(31)29(24(20)32)18-11-10-14(35-13(3)30)12-17(18)25(26,27)28/h6-12H,4-5H2,1-3H3. The number of nitrogens with zero attached hydrogens (tertiary/aromatic N) is 1. The van der Waals surface area contributed by atoms with E-state index in [-0.39, 0.29) is 41.6 Å². The molecule has 35 heavy (non-hydrogen) atoms. The Morgan fingerprint density at radius 3 is 1.83 bits per heavy atom. The fraction of sp³-hybridized carbons (Fsp3) is 0.240. The van der Waals surface area contributed by atoms with E-state index in [2.05, 4.69) is 0 Å². The number of anilines is 1. The number of imide groups is 1. The molecule has 0 unspecified atom stereocenters. The number of hydrogen-bond acceptors (Lipinski definition) is 6. The molecule has 182 valence electrons. The summed E-state index contributed by atoms with van der Waals surface area (Å²) >= 11 is 0. The maximum absolute atomic E-state index is 14.0. The molecule has 1 aliphatic rings. The van der Waals surface area contributed by atoms with Crippen LogP contribution in [0.15, 0.2) is 42.5 Å². The maximum Gasteiger partial charge on any atom is 0.418 e. The second kappa shape index (κ2) is 8.94. The Bertz CT molecular complexity index is 1300. The molecule has 0 fully saturated rings. The largest absolute Gasteiger partial charge is 0.492 e. The molecular formula is C25H20F3NO6. The number of benzene rings is 3. The Labute approximate surface area is 198 Å². The minimum absolute atomic E-state index is 0.0903. The molecule has 1 heterocycles. The molecule has 3 aromatic rings. The molecule has 0 N–H and O–H groups in total. The van der Waals surface area contributed by atoms with Crippen LogP contribution in [0.2, 0.25) is 0 Å². The van der Waals surface area contributed by atoms with Gasteiger partial charge in [0.2, 0.25) is 0 Å². The normalized spacial score (nSPS) is 13.3. The van der Waals surface area contributed by atoms with E-state index in [1.165, 1.54) is 0 Å². The van der Waals surface area contributed by atoms with Gasteiger partial charge < -0.3 is 14.2 Å². The van der Waals surface area contributed by atoms with Crippen molar-refractivity contribution in [2.45, 2.75) is 26.9 Å². The number of carbonyl (C=O) groups is 3. The third-order valence-electron chi connectivity index (χ3n) is 5.31. The van der Waals surface area contributed by atoms with Gasteiger partial charge in [-0.25, -0.2) is 4.90 Å². The fourth-order valence-corrected chi connectivity index (χ4v) is 4.07. The van der Waals surface area contributed by atoms with E-state index < -0.39 is 35.2 Å². The molecule has 0 radical (unpaired) electrons. The van der Waals surface area contributed by atoms with Crippen molar-refractivity contribution in [3.63, 3.8) is 0 Å². The van der Waals surface area contributed by atoms with Crippen molar-refractivity contribution in [3.05, 3.63) is 59.2 Å². The van der Waals surface area contributed by atoms with Gasteiger partial charge in [-0.3, -0.25) is 14.4 Å². The predicted octanol–water partition coefficient (Wildman–Crippen LogP) is 5.38. The lowest BCUT2D eigenvalue weighted by atomic mass is 9.99. The third kappa shape index (κ3) is 4.05. The van der Waals surface area contributed by atoms with Gasteiger partial charge in [0.1, 0.15) is 17.2 Å². The van der Waals surface area contributed by atoms with Crippen LogP contribution in [0.5, 0.6) is 17.2 Å². The quantitative estimate of drug-likeness (QED) is 0.264. The van der Waals surface area contributed by atoms with Gasteiger partial charge in [0, 0.05) is 17.7 Å². The van der Waals surface area contributed by atoms with E-state index in [4.69, 9.17) is 14.2 Å². The first-order valence-corrected chi connectivity index (χ1v) is 10.7. The molecular weight excluding hydrogens is 467 g/mol. The van der Waals surface area contributed by atoms with Crippen LogP contribution in [0.4, 0.5) is 18.9 Å². The van der Waals surface area contributed by atoms with Crippen LogP contribution < -0.4 is 19.1 Å². The summed E-state index contributed by atoms with van der Waals surface area (Å²) in [5.41, 5.74) is -2.35. The lowest BCUT2D eigenvalue weighted by Crippen LogP contribution is -2.31. The first kappa shape index (κ1) is 24.1. The highest BCUT2D eigenvalue weighted by atomic mass is 19.4. The minimum atomic E-state index is -4.96. The van der Waals surface area contributed by atoms with Crippen molar-refractivity contribution < 1.29 is 41.8 Å². The summed E-state index contributed by atoms with van der Waals surface area (Å²) < 4.78 is 58.2. The van der Waals surface area contributed by atoms with Crippen LogP contribution in [0, 0.1) is 0 Å². The Morgan fingerprint density at radius 2 is 1.40 bits per heavy atom. The summed E-state index contributed by atoms with van der Waals surface area (Å²) in [6, 6.07) is 9.35. The highest BCUT2D eigenvalue weighted by Gasteiger charge is 2.47. The number of carbonyl (C=O) groups excluding carboxylic acids is 3. The smallest absolute Gasteiger partial charge is 0.418 e. The molecule has 3 aromatic carbocycles. The van der Waals surface area contributed by atoms with Crippen LogP contribution in [0.3, 0.4) is 0 Å². The van der Waals surface area contributed by atoms with E-state index in [1.54, 1.807) is 38.1 Å². The Morgan fingerprint density at radius 1 is 0.886 bits per heavy atom. The zero-order valence-electron chi connectivity index (χ0n) is 19.0.